The van der Waals surface area contributed by atoms with E-state index in [1.807, 2.05) is 54.6 Å². The lowest BCUT2D eigenvalue weighted by Gasteiger charge is -2.08. The lowest BCUT2D eigenvalue weighted by molar-refractivity contribution is 0.413. The summed E-state index contributed by atoms with van der Waals surface area (Å²) in [6.07, 6.45) is 1.92. The number of allylic oxidation sites excluding steroid dienone is 1. The number of nitriles is 1. The Labute approximate surface area is 129 Å². The van der Waals surface area contributed by atoms with Crippen molar-refractivity contribution in [1.29, 1.82) is 5.26 Å². The Morgan fingerprint density at radius 3 is 2.50 bits per heavy atom. The number of fused-ring (bicyclic) bond motifs is 1. The molecule has 0 spiro atoms. The number of rotatable bonds is 3. The minimum absolute atomic E-state index is 0.591. The summed E-state index contributed by atoms with van der Waals surface area (Å²) in [5.41, 5.74) is 2.43. The molecule has 0 aliphatic heterocycles. The Kier molecular flexibility index (Phi) is 3.89. The van der Waals surface area contributed by atoms with E-state index in [1.54, 1.807) is 7.11 Å². The summed E-state index contributed by atoms with van der Waals surface area (Å²) in [6.45, 7) is 0. The maximum absolute atomic E-state index is 9.56. The van der Waals surface area contributed by atoms with E-state index in [9.17, 15) is 5.26 Å². The first kappa shape index (κ1) is 13.9. The third-order valence-corrected chi connectivity index (χ3v) is 3.64. The van der Waals surface area contributed by atoms with Crippen molar-refractivity contribution in [3.63, 3.8) is 0 Å². The van der Waals surface area contributed by atoms with Gasteiger partial charge in [-0.15, -0.1) is 0 Å². The summed E-state index contributed by atoms with van der Waals surface area (Å²) in [6, 6.07) is 24.1. The van der Waals surface area contributed by atoms with Crippen LogP contribution in [0.5, 0.6) is 5.75 Å². The second-order valence-electron chi connectivity index (χ2n) is 4.94. The Hall–Kier alpha value is -3.05. The summed E-state index contributed by atoms with van der Waals surface area (Å²) < 4.78 is 5.36. The van der Waals surface area contributed by atoms with Crippen molar-refractivity contribution in [1.82, 2.24) is 0 Å². The molecule has 0 saturated heterocycles. The predicted octanol–water partition coefficient (Wildman–Crippen LogP) is 4.91. The molecule has 2 heteroatoms. The molecule has 0 radical (unpaired) electrons. The van der Waals surface area contributed by atoms with Crippen LogP contribution in [-0.2, 0) is 0 Å². The normalized spacial score (nSPS) is 11.2. The highest BCUT2D eigenvalue weighted by molar-refractivity contribution is 5.99. The molecule has 106 valence electrons. The van der Waals surface area contributed by atoms with Gasteiger partial charge in [-0.3, -0.25) is 0 Å². The molecule has 0 atom stereocenters. The van der Waals surface area contributed by atoms with Crippen LogP contribution >= 0.6 is 0 Å². The quantitative estimate of drug-likeness (QED) is 0.506. The van der Waals surface area contributed by atoms with E-state index in [4.69, 9.17) is 4.74 Å². The van der Waals surface area contributed by atoms with Crippen molar-refractivity contribution in [2.24, 2.45) is 0 Å². The molecule has 0 unspecified atom stereocenters. The fourth-order valence-electron chi connectivity index (χ4n) is 2.57. The third kappa shape index (κ3) is 2.57. The van der Waals surface area contributed by atoms with Gasteiger partial charge in [-0.05, 0) is 34.5 Å². The maximum atomic E-state index is 9.56. The van der Waals surface area contributed by atoms with Crippen LogP contribution in [0.4, 0.5) is 0 Å². The van der Waals surface area contributed by atoms with Crippen molar-refractivity contribution >= 4 is 22.4 Å². The molecule has 2 nitrogen and oxygen atoms in total. The van der Waals surface area contributed by atoms with Crippen LogP contribution in [0.15, 0.2) is 66.7 Å². The summed E-state index contributed by atoms with van der Waals surface area (Å²) >= 11 is 0. The van der Waals surface area contributed by atoms with Crippen LogP contribution < -0.4 is 4.74 Å². The van der Waals surface area contributed by atoms with Crippen LogP contribution in [-0.4, -0.2) is 7.11 Å². The lowest BCUT2D eigenvalue weighted by atomic mass is 9.99. The predicted molar refractivity (Wildman–Crippen MR) is 90.4 cm³/mol. The first-order valence-corrected chi connectivity index (χ1v) is 7.06. The standard InChI is InChI=1S/C20H15NO/c1-22-20-12-5-4-11-19(20)17(14-21)13-16-9-6-8-15-7-2-3-10-18(15)16/h2-13H,1H3. The van der Waals surface area contributed by atoms with E-state index in [0.29, 0.717) is 11.3 Å². The number of hydrogen-bond acceptors (Lipinski definition) is 2. The first-order chi connectivity index (χ1) is 10.8. The Balaban J connectivity index is 2.18. The van der Waals surface area contributed by atoms with Crippen molar-refractivity contribution in [2.45, 2.75) is 0 Å². The Bertz CT molecular complexity index is 882. The molecule has 0 amide bonds. The summed E-state index contributed by atoms with van der Waals surface area (Å²) in [4.78, 5) is 0. The van der Waals surface area contributed by atoms with Gasteiger partial charge in [-0.1, -0.05) is 54.6 Å². The molecule has 0 bridgehead atoms. The highest BCUT2D eigenvalue weighted by Crippen LogP contribution is 2.29. The zero-order chi connectivity index (χ0) is 15.4. The average molecular weight is 285 g/mol. The second-order valence-corrected chi connectivity index (χ2v) is 4.94. The summed E-state index contributed by atoms with van der Waals surface area (Å²) in [5, 5.41) is 11.9. The van der Waals surface area contributed by atoms with Gasteiger partial charge >= 0.3 is 0 Å². The van der Waals surface area contributed by atoms with E-state index < -0.39 is 0 Å². The van der Waals surface area contributed by atoms with Crippen LogP contribution in [0.3, 0.4) is 0 Å². The smallest absolute Gasteiger partial charge is 0.127 e. The van der Waals surface area contributed by atoms with E-state index in [1.165, 1.54) is 0 Å². The fourth-order valence-corrected chi connectivity index (χ4v) is 2.57. The van der Waals surface area contributed by atoms with Crippen molar-refractivity contribution < 1.29 is 4.74 Å². The van der Waals surface area contributed by atoms with Gasteiger partial charge in [0.1, 0.15) is 5.75 Å². The molecule has 3 aromatic rings. The first-order valence-electron chi connectivity index (χ1n) is 7.06. The molecule has 0 aliphatic carbocycles. The van der Waals surface area contributed by atoms with Gasteiger partial charge in [0.2, 0.25) is 0 Å². The van der Waals surface area contributed by atoms with Crippen molar-refractivity contribution in [3.8, 4) is 11.8 Å². The van der Waals surface area contributed by atoms with Crippen LogP contribution in [0.25, 0.3) is 22.4 Å². The molecular weight excluding hydrogens is 270 g/mol. The molecule has 22 heavy (non-hydrogen) atoms. The van der Waals surface area contributed by atoms with E-state index in [0.717, 1.165) is 21.9 Å². The van der Waals surface area contributed by atoms with Crippen LogP contribution in [0, 0.1) is 11.3 Å². The molecule has 3 rings (SSSR count). The third-order valence-electron chi connectivity index (χ3n) is 3.64. The zero-order valence-electron chi connectivity index (χ0n) is 12.3. The monoisotopic (exact) mass is 285 g/mol. The summed E-state index contributed by atoms with van der Waals surface area (Å²) in [7, 11) is 1.62. The van der Waals surface area contributed by atoms with Gasteiger partial charge in [0.05, 0.1) is 18.8 Å². The number of hydrogen-bond donors (Lipinski definition) is 0. The van der Waals surface area contributed by atoms with Crippen LogP contribution in [0.1, 0.15) is 11.1 Å². The number of benzene rings is 3. The van der Waals surface area contributed by atoms with E-state index >= 15 is 0 Å². The van der Waals surface area contributed by atoms with E-state index in [-0.39, 0.29) is 0 Å². The molecule has 0 heterocycles. The van der Waals surface area contributed by atoms with Crippen LogP contribution in [0.2, 0.25) is 0 Å². The molecule has 0 saturated carbocycles. The number of methoxy groups -OCH3 is 1. The minimum atomic E-state index is 0.591. The van der Waals surface area contributed by atoms with Gasteiger partial charge in [0.15, 0.2) is 0 Å². The van der Waals surface area contributed by atoms with Gasteiger partial charge in [-0.25, -0.2) is 0 Å². The van der Waals surface area contributed by atoms with E-state index in [2.05, 4.69) is 24.3 Å². The fraction of sp³-hybridized carbons (Fsp3) is 0.0500. The molecular formula is C20H15NO. The van der Waals surface area contributed by atoms with Crippen molar-refractivity contribution in [2.75, 3.05) is 7.11 Å². The highest BCUT2D eigenvalue weighted by atomic mass is 16.5. The molecule has 0 fully saturated rings. The zero-order valence-corrected chi connectivity index (χ0v) is 12.3. The largest absolute Gasteiger partial charge is 0.496 e. The summed E-state index contributed by atoms with van der Waals surface area (Å²) in [5.74, 6) is 0.704. The molecule has 0 N–H and O–H groups in total. The molecule has 3 aromatic carbocycles. The Morgan fingerprint density at radius 2 is 1.68 bits per heavy atom. The molecule has 0 aliphatic rings. The number of nitrogens with zero attached hydrogens (tertiary/aromatic N) is 1. The van der Waals surface area contributed by atoms with Gasteiger partial charge in [0.25, 0.3) is 0 Å². The lowest BCUT2D eigenvalue weighted by Crippen LogP contribution is -1.90. The Morgan fingerprint density at radius 1 is 0.955 bits per heavy atom. The van der Waals surface area contributed by atoms with Crippen molar-refractivity contribution in [3.05, 3.63) is 77.9 Å². The van der Waals surface area contributed by atoms with Gasteiger partial charge in [-0.2, -0.15) is 5.26 Å². The number of para-hydroxylation sites is 1. The highest BCUT2D eigenvalue weighted by Gasteiger charge is 2.08. The average Bonchev–Trinajstić information content (AvgIpc) is 2.59. The van der Waals surface area contributed by atoms with Gasteiger partial charge < -0.3 is 4.74 Å². The van der Waals surface area contributed by atoms with Gasteiger partial charge in [0, 0.05) is 5.56 Å². The maximum Gasteiger partial charge on any atom is 0.127 e. The second kappa shape index (κ2) is 6.15. The molecule has 0 aromatic heterocycles. The SMILES string of the molecule is COc1ccccc1C(C#N)=Cc1cccc2ccccc12. The number of ether oxygens (including phenoxy) is 1. The topological polar surface area (TPSA) is 33.0 Å². The minimum Gasteiger partial charge on any atom is -0.496 e.